The number of carbonyl (C=O) groups is 4. The quantitative estimate of drug-likeness (QED) is 0.0223. The lowest BCUT2D eigenvalue weighted by molar-refractivity contribution is -0.161. The van der Waals surface area contributed by atoms with Crippen LogP contribution < -0.4 is 0 Å². The molecule has 0 bridgehead atoms. The van der Waals surface area contributed by atoms with Gasteiger partial charge in [0.2, 0.25) is 0 Å². The molecule has 17 nitrogen and oxygen atoms in total. The van der Waals surface area contributed by atoms with Crippen molar-refractivity contribution in [2.24, 2.45) is 0 Å². The summed E-state index contributed by atoms with van der Waals surface area (Å²) >= 11 is 0. The van der Waals surface area contributed by atoms with Gasteiger partial charge in [-0.25, -0.2) is 9.13 Å². The molecule has 0 saturated heterocycles. The van der Waals surface area contributed by atoms with Crippen molar-refractivity contribution in [1.82, 2.24) is 0 Å². The van der Waals surface area contributed by atoms with Gasteiger partial charge in [-0.15, -0.1) is 0 Å². The number of phosphoric acid groups is 2. The summed E-state index contributed by atoms with van der Waals surface area (Å²) in [6, 6.07) is 0. The van der Waals surface area contributed by atoms with Crippen LogP contribution >= 0.6 is 15.6 Å². The second kappa shape index (κ2) is 38.5. The fourth-order valence-corrected chi connectivity index (χ4v) is 7.40. The lowest BCUT2D eigenvalue weighted by atomic mass is 10.1. The van der Waals surface area contributed by atoms with Gasteiger partial charge in [0.15, 0.2) is 12.2 Å². The van der Waals surface area contributed by atoms with Crippen molar-refractivity contribution in [3.05, 3.63) is 0 Å². The Morgan fingerprint density at radius 3 is 1.00 bits per heavy atom. The summed E-state index contributed by atoms with van der Waals surface area (Å²) in [4.78, 5) is 69.3. The maximum atomic E-state index is 12.6. The van der Waals surface area contributed by atoms with Crippen LogP contribution in [0.15, 0.2) is 0 Å². The number of esters is 4. The SMILES string of the molecule is CCCCCCCCCCCCCC(=O)O[C@H](COC(=O)CCC)COP(=O)(O)OC[C@H](O)COP(=O)(O)OC[C@@H](COC(=O)CCC)OC(=O)CCCCCCCCCC. The predicted molar refractivity (Wildman–Crippen MR) is 229 cm³/mol. The standard InChI is InChI=1S/C42H80O17P2/c1-5-9-11-13-15-17-18-19-21-23-25-29-42(47)59-38(33-53-40(45)27-8-4)35-57-61(50,51)55-31-36(43)30-54-60(48,49)56-34-37(32-52-39(44)26-7-3)58-41(46)28-24-22-20-16-14-12-10-6-2/h36-38,43H,5-35H2,1-4H3,(H,48,49)(H,50,51)/t36-,37-,38-/m1/s1. The van der Waals surface area contributed by atoms with E-state index in [4.69, 9.17) is 37.0 Å². The van der Waals surface area contributed by atoms with Crippen molar-refractivity contribution in [2.45, 2.75) is 207 Å². The van der Waals surface area contributed by atoms with E-state index < -0.39 is 97.5 Å². The zero-order valence-electron chi connectivity index (χ0n) is 37.6. The average Bonchev–Trinajstić information content (AvgIpc) is 3.21. The van der Waals surface area contributed by atoms with Crippen LogP contribution in [-0.2, 0) is 65.4 Å². The van der Waals surface area contributed by atoms with Gasteiger partial charge in [-0.2, -0.15) is 0 Å². The number of ether oxygens (including phenoxy) is 4. The van der Waals surface area contributed by atoms with Crippen LogP contribution in [0.25, 0.3) is 0 Å². The molecule has 2 unspecified atom stereocenters. The fourth-order valence-electron chi connectivity index (χ4n) is 5.82. The van der Waals surface area contributed by atoms with Gasteiger partial charge >= 0.3 is 39.5 Å². The van der Waals surface area contributed by atoms with Crippen molar-refractivity contribution < 1.29 is 80.2 Å². The highest BCUT2D eigenvalue weighted by Crippen LogP contribution is 2.45. The normalized spacial score (nSPS) is 14.9. The number of aliphatic hydroxyl groups is 1. The number of hydrogen-bond donors (Lipinski definition) is 3. The molecule has 5 atom stereocenters. The van der Waals surface area contributed by atoms with Gasteiger partial charge in [-0.1, -0.05) is 137 Å². The average molecular weight is 919 g/mol. The highest BCUT2D eigenvalue weighted by molar-refractivity contribution is 7.47. The van der Waals surface area contributed by atoms with Crippen molar-refractivity contribution in [3.63, 3.8) is 0 Å². The molecule has 61 heavy (non-hydrogen) atoms. The van der Waals surface area contributed by atoms with Crippen LogP contribution in [0.2, 0.25) is 0 Å². The highest BCUT2D eigenvalue weighted by atomic mass is 31.2. The molecule has 0 aromatic carbocycles. The van der Waals surface area contributed by atoms with Gasteiger partial charge in [0, 0.05) is 25.7 Å². The van der Waals surface area contributed by atoms with Gasteiger partial charge in [-0.05, 0) is 25.7 Å². The number of aliphatic hydroxyl groups excluding tert-OH is 1. The Bertz CT molecular complexity index is 1240. The van der Waals surface area contributed by atoms with Gasteiger partial charge in [0.25, 0.3) is 0 Å². The molecular weight excluding hydrogens is 838 g/mol. The van der Waals surface area contributed by atoms with Crippen LogP contribution in [0.3, 0.4) is 0 Å². The van der Waals surface area contributed by atoms with Crippen LogP contribution in [0, 0.1) is 0 Å². The molecule has 360 valence electrons. The monoisotopic (exact) mass is 918 g/mol. The van der Waals surface area contributed by atoms with Crippen LogP contribution in [0.1, 0.15) is 188 Å². The van der Waals surface area contributed by atoms with E-state index in [1.807, 2.05) is 0 Å². The first kappa shape index (κ1) is 59.1. The molecule has 3 N–H and O–H groups in total. The minimum atomic E-state index is -4.90. The Hall–Kier alpha value is -1.94. The third-order valence-electron chi connectivity index (χ3n) is 9.29. The van der Waals surface area contributed by atoms with Crippen molar-refractivity contribution in [1.29, 1.82) is 0 Å². The van der Waals surface area contributed by atoms with Gasteiger partial charge in [0.05, 0.1) is 26.4 Å². The summed E-state index contributed by atoms with van der Waals surface area (Å²) in [5.74, 6) is -2.28. The number of rotatable bonds is 43. The Kier molecular flexibility index (Phi) is 37.3. The predicted octanol–water partition coefficient (Wildman–Crippen LogP) is 9.36. The summed E-state index contributed by atoms with van der Waals surface area (Å²) in [5.41, 5.74) is 0. The number of phosphoric ester groups is 2. The largest absolute Gasteiger partial charge is 0.472 e. The van der Waals surface area contributed by atoms with Gasteiger partial charge in [-0.3, -0.25) is 37.3 Å². The molecule has 0 aromatic rings. The number of hydrogen-bond acceptors (Lipinski definition) is 15. The molecular formula is C42H80O17P2. The van der Waals surface area contributed by atoms with E-state index in [2.05, 4.69) is 13.8 Å². The number of carbonyl (C=O) groups excluding carboxylic acids is 4. The molecule has 0 rings (SSSR count). The summed E-state index contributed by atoms with van der Waals surface area (Å²) in [6.45, 7) is 3.91. The zero-order valence-corrected chi connectivity index (χ0v) is 39.4. The minimum absolute atomic E-state index is 0.101. The Morgan fingerprint density at radius 2 is 0.689 bits per heavy atom. The van der Waals surface area contributed by atoms with E-state index in [0.29, 0.717) is 25.7 Å². The molecule has 19 heteroatoms. The van der Waals surface area contributed by atoms with Crippen LogP contribution in [-0.4, -0.2) is 96.7 Å². The summed E-state index contributed by atoms with van der Waals surface area (Å²) in [5, 5.41) is 10.3. The lowest BCUT2D eigenvalue weighted by Gasteiger charge is -2.21. The second-order valence-electron chi connectivity index (χ2n) is 15.4. The van der Waals surface area contributed by atoms with E-state index in [-0.39, 0.29) is 25.7 Å². The summed E-state index contributed by atoms with van der Waals surface area (Å²) < 4.78 is 65.7. The van der Waals surface area contributed by atoms with E-state index in [1.165, 1.54) is 51.4 Å². The maximum absolute atomic E-state index is 12.6. The Labute approximate surface area is 365 Å². The van der Waals surface area contributed by atoms with E-state index in [1.54, 1.807) is 13.8 Å². The molecule has 0 saturated carbocycles. The minimum Gasteiger partial charge on any atom is -0.462 e. The Balaban J connectivity index is 4.87. The van der Waals surface area contributed by atoms with Crippen molar-refractivity contribution >= 4 is 39.5 Å². The Morgan fingerprint density at radius 1 is 0.393 bits per heavy atom. The first-order valence-electron chi connectivity index (χ1n) is 22.8. The highest BCUT2D eigenvalue weighted by Gasteiger charge is 2.30. The smallest absolute Gasteiger partial charge is 0.462 e. The second-order valence-corrected chi connectivity index (χ2v) is 18.3. The molecule has 0 aliphatic heterocycles. The van der Waals surface area contributed by atoms with E-state index in [0.717, 1.165) is 57.8 Å². The van der Waals surface area contributed by atoms with E-state index >= 15 is 0 Å². The molecule has 0 amide bonds. The van der Waals surface area contributed by atoms with Crippen molar-refractivity contribution in [2.75, 3.05) is 39.6 Å². The fraction of sp³-hybridized carbons (Fsp3) is 0.905. The molecule has 0 fully saturated rings. The maximum Gasteiger partial charge on any atom is 0.472 e. The number of unbranched alkanes of at least 4 members (excludes halogenated alkanes) is 17. The molecule has 0 heterocycles. The molecule has 0 radical (unpaired) electrons. The topological polar surface area (TPSA) is 237 Å². The van der Waals surface area contributed by atoms with Crippen molar-refractivity contribution in [3.8, 4) is 0 Å². The summed E-state index contributed by atoms with van der Waals surface area (Å²) in [6.07, 6.45) is 17.7. The molecule has 0 aliphatic rings. The molecule has 0 spiro atoms. The first-order chi connectivity index (χ1) is 29.2. The van der Waals surface area contributed by atoms with Gasteiger partial charge < -0.3 is 33.8 Å². The molecule has 0 aromatic heterocycles. The first-order valence-corrected chi connectivity index (χ1v) is 25.8. The van der Waals surface area contributed by atoms with Crippen LogP contribution in [0.5, 0.6) is 0 Å². The molecule has 0 aliphatic carbocycles. The summed E-state index contributed by atoms with van der Waals surface area (Å²) in [7, 11) is -9.79. The third kappa shape index (κ3) is 38.3. The van der Waals surface area contributed by atoms with E-state index in [9.17, 15) is 43.2 Å². The van der Waals surface area contributed by atoms with Gasteiger partial charge in [0.1, 0.15) is 19.3 Å². The van der Waals surface area contributed by atoms with Crippen LogP contribution in [0.4, 0.5) is 0 Å². The third-order valence-corrected chi connectivity index (χ3v) is 11.2. The zero-order chi connectivity index (χ0) is 45.6. The lowest BCUT2D eigenvalue weighted by Crippen LogP contribution is -2.30.